The molecule has 3 heteroatoms. The molecular formula is C13H16N2S. The van der Waals surface area contributed by atoms with Gasteiger partial charge in [-0.15, -0.1) is 11.8 Å². The van der Waals surface area contributed by atoms with E-state index >= 15 is 0 Å². The summed E-state index contributed by atoms with van der Waals surface area (Å²) in [5, 5.41) is 9.19. The molecular weight excluding hydrogens is 216 g/mol. The average molecular weight is 232 g/mol. The van der Waals surface area contributed by atoms with Crippen LogP contribution in [-0.2, 0) is 0 Å². The molecule has 16 heavy (non-hydrogen) atoms. The lowest BCUT2D eigenvalue weighted by molar-refractivity contribution is 0.694. The lowest BCUT2D eigenvalue weighted by Gasteiger charge is -2.38. The molecule has 0 spiro atoms. The Labute approximate surface area is 101 Å². The van der Waals surface area contributed by atoms with Crippen molar-refractivity contribution in [2.45, 2.75) is 37.0 Å². The van der Waals surface area contributed by atoms with Crippen LogP contribution in [0.5, 0.6) is 0 Å². The second-order valence-corrected chi connectivity index (χ2v) is 5.55. The topological polar surface area (TPSA) is 27.0 Å². The van der Waals surface area contributed by atoms with Crippen LogP contribution >= 0.6 is 11.8 Å². The highest BCUT2D eigenvalue weighted by Gasteiger charge is 2.31. The standard InChI is InChI=1S/C13H16N2S/c1-8-5-6-9(2)13-12(8)15(4)10(3)11(7-14)16-13/h5-6,10-11H,1-4H3. The summed E-state index contributed by atoms with van der Waals surface area (Å²) in [5.41, 5.74) is 3.85. The molecule has 0 aliphatic carbocycles. The number of thioether (sulfide) groups is 1. The van der Waals surface area contributed by atoms with Gasteiger partial charge < -0.3 is 4.90 Å². The van der Waals surface area contributed by atoms with Gasteiger partial charge in [-0.3, -0.25) is 0 Å². The van der Waals surface area contributed by atoms with Gasteiger partial charge in [0.05, 0.1) is 17.8 Å². The van der Waals surface area contributed by atoms with Gasteiger partial charge in [-0.25, -0.2) is 0 Å². The number of anilines is 1. The molecule has 0 fully saturated rings. The van der Waals surface area contributed by atoms with Crippen molar-refractivity contribution in [2.75, 3.05) is 11.9 Å². The minimum Gasteiger partial charge on any atom is -0.369 e. The van der Waals surface area contributed by atoms with Crippen LogP contribution in [-0.4, -0.2) is 18.3 Å². The second-order valence-electron chi connectivity index (χ2n) is 4.40. The predicted octanol–water partition coefficient (Wildman–Crippen LogP) is 3.13. The molecule has 2 nitrogen and oxygen atoms in total. The first-order valence-corrected chi connectivity index (χ1v) is 6.33. The zero-order valence-electron chi connectivity index (χ0n) is 10.1. The van der Waals surface area contributed by atoms with Crippen molar-refractivity contribution in [1.29, 1.82) is 5.26 Å². The molecule has 0 aromatic heterocycles. The summed E-state index contributed by atoms with van der Waals surface area (Å²) >= 11 is 1.71. The summed E-state index contributed by atoms with van der Waals surface area (Å²) in [6.07, 6.45) is 0. The monoisotopic (exact) mass is 232 g/mol. The SMILES string of the molecule is Cc1ccc(C)c2c1SC(C#N)C(C)N2C. The van der Waals surface area contributed by atoms with Gasteiger partial charge in [0.1, 0.15) is 5.25 Å². The maximum absolute atomic E-state index is 9.17. The normalized spacial score (nSPS) is 23.8. The van der Waals surface area contributed by atoms with E-state index in [4.69, 9.17) is 5.26 Å². The Morgan fingerprint density at radius 3 is 2.56 bits per heavy atom. The Morgan fingerprint density at radius 1 is 1.31 bits per heavy atom. The molecule has 0 N–H and O–H groups in total. The molecule has 0 saturated heterocycles. The predicted molar refractivity (Wildman–Crippen MR) is 69.0 cm³/mol. The van der Waals surface area contributed by atoms with E-state index < -0.39 is 0 Å². The smallest absolute Gasteiger partial charge is 0.116 e. The molecule has 0 radical (unpaired) electrons. The molecule has 1 aliphatic heterocycles. The van der Waals surface area contributed by atoms with Crippen molar-refractivity contribution in [3.8, 4) is 6.07 Å². The van der Waals surface area contributed by atoms with Gasteiger partial charge in [-0.1, -0.05) is 12.1 Å². The lowest BCUT2D eigenvalue weighted by atomic mass is 10.1. The number of rotatable bonds is 0. The second kappa shape index (κ2) is 4.03. The molecule has 0 saturated carbocycles. The Balaban J connectivity index is 2.59. The Kier molecular flexibility index (Phi) is 2.86. The molecule has 1 aliphatic rings. The molecule has 1 heterocycles. The lowest BCUT2D eigenvalue weighted by Crippen LogP contribution is -2.40. The van der Waals surface area contributed by atoms with Crippen molar-refractivity contribution in [1.82, 2.24) is 0 Å². The van der Waals surface area contributed by atoms with Crippen LogP contribution < -0.4 is 4.90 Å². The molecule has 0 amide bonds. The Bertz CT molecular complexity index is 462. The van der Waals surface area contributed by atoms with Crippen molar-refractivity contribution < 1.29 is 0 Å². The maximum Gasteiger partial charge on any atom is 0.116 e. The minimum absolute atomic E-state index is 0.0259. The number of aryl methyl sites for hydroxylation is 2. The highest BCUT2D eigenvalue weighted by molar-refractivity contribution is 8.00. The summed E-state index contributed by atoms with van der Waals surface area (Å²) < 4.78 is 0. The Morgan fingerprint density at radius 2 is 1.94 bits per heavy atom. The molecule has 0 bridgehead atoms. The third-order valence-corrected chi connectivity index (χ3v) is 4.81. The minimum atomic E-state index is 0.0259. The number of fused-ring (bicyclic) bond motifs is 1. The van der Waals surface area contributed by atoms with Crippen LogP contribution in [0.1, 0.15) is 18.1 Å². The third-order valence-electron chi connectivity index (χ3n) is 3.30. The van der Waals surface area contributed by atoms with E-state index in [1.165, 1.54) is 21.7 Å². The molecule has 84 valence electrons. The fourth-order valence-corrected chi connectivity index (χ4v) is 3.48. The maximum atomic E-state index is 9.17. The summed E-state index contributed by atoms with van der Waals surface area (Å²) in [6, 6.07) is 6.96. The van der Waals surface area contributed by atoms with E-state index in [2.05, 4.69) is 50.9 Å². The van der Waals surface area contributed by atoms with Crippen molar-refractivity contribution in [3.63, 3.8) is 0 Å². The van der Waals surface area contributed by atoms with Crippen LogP contribution in [0.25, 0.3) is 0 Å². The van der Waals surface area contributed by atoms with Crippen LogP contribution in [0.2, 0.25) is 0 Å². The van der Waals surface area contributed by atoms with E-state index in [1.807, 2.05) is 0 Å². The van der Waals surface area contributed by atoms with E-state index in [0.29, 0.717) is 0 Å². The van der Waals surface area contributed by atoms with E-state index in [1.54, 1.807) is 11.8 Å². The fourth-order valence-electron chi connectivity index (χ4n) is 2.12. The molecule has 1 aromatic rings. The quantitative estimate of drug-likeness (QED) is 0.687. The average Bonchev–Trinajstić information content (AvgIpc) is 2.27. The molecule has 2 rings (SSSR count). The first-order valence-electron chi connectivity index (χ1n) is 5.45. The number of nitriles is 1. The van der Waals surface area contributed by atoms with Crippen molar-refractivity contribution in [2.24, 2.45) is 0 Å². The summed E-state index contributed by atoms with van der Waals surface area (Å²) in [4.78, 5) is 3.51. The summed E-state index contributed by atoms with van der Waals surface area (Å²) in [5.74, 6) is 0. The summed E-state index contributed by atoms with van der Waals surface area (Å²) in [7, 11) is 2.08. The number of hydrogen-bond donors (Lipinski definition) is 0. The zero-order valence-corrected chi connectivity index (χ0v) is 10.9. The van der Waals surface area contributed by atoms with Gasteiger partial charge in [0.25, 0.3) is 0 Å². The highest BCUT2D eigenvalue weighted by atomic mass is 32.2. The van der Waals surface area contributed by atoms with Gasteiger partial charge in [0.15, 0.2) is 0 Å². The first-order chi connectivity index (χ1) is 7.56. The molecule has 2 atom stereocenters. The van der Waals surface area contributed by atoms with E-state index in [0.717, 1.165) is 0 Å². The van der Waals surface area contributed by atoms with Gasteiger partial charge in [-0.2, -0.15) is 5.26 Å². The molecule has 1 aromatic carbocycles. The fraction of sp³-hybridized carbons (Fsp3) is 0.462. The van der Waals surface area contributed by atoms with Gasteiger partial charge >= 0.3 is 0 Å². The first kappa shape index (κ1) is 11.3. The number of nitrogens with zero attached hydrogens (tertiary/aromatic N) is 2. The van der Waals surface area contributed by atoms with Crippen molar-refractivity contribution in [3.05, 3.63) is 23.3 Å². The summed E-state index contributed by atoms with van der Waals surface area (Å²) in [6.45, 7) is 6.36. The number of hydrogen-bond acceptors (Lipinski definition) is 3. The van der Waals surface area contributed by atoms with Crippen LogP contribution in [0.4, 0.5) is 5.69 Å². The van der Waals surface area contributed by atoms with E-state index in [-0.39, 0.29) is 11.3 Å². The molecule has 2 unspecified atom stereocenters. The van der Waals surface area contributed by atoms with Crippen molar-refractivity contribution >= 4 is 17.4 Å². The van der Waals surface area contributed by atoms with Gasteiger partial charge in [0, 0.05) is 11.9 Å². The van der Waals surface area contributed by atoms with Crippen LogP contribution in [0, 0.1) is 25.2 Å². The van der Waals surface area contributed by atoms with Gasteiger partial charge in [0.2, 0.25) is 0 Å². The van der Waals surface area contributed by atoms with E-state index in [9.17, 15) is 0 Å². The highest BCUT2D eigenvalue weighted by Crippen LogP contribution is 2.44. The van der Waals surface area contributed by atoms with Crippen LogP contribution in [0.3, 0.4) is 0 Å². The zero-order chi connectivity index (χ0) is 11.9. The van der Waals surface area contributed by atoms with Gasteiger partial charge in [-0.05, 0) is 31.9 Å². The Hall–Kier alpha value is -1.14. The third kappa shape index (κ3) is 1.58. The number of benzene rings is 1. The largest absolute Gasteiger partial charge is 0.369 e. The van der Waals surface area contributed by atoms with Crippen LogP contribution in [0.15, 0.2) is 17.0 Å².